The lowest BCUT2D eigenvalue weighted by atomic mass is 10.2. The topological polar surface area (TPSA) is 43.4 Å². The summed E-state index contributed by atoms with van der Waals surface area (Å²) in [6.45, 7) is 3.71. The molecule has 0 bridgehead atoms. The van der Waals surface area contributed by atoms with Crippen molar-refractivity contribution in [1.29, 1.82) is 0 Å². The van der Waals surface area contributed by atoms with Gasteiger partial charge in [0.05, 0.1) is 6.61 Å². The molecule has 0 fully saturated rings. The first kappa shape index (κ1) is 14.4. The van der Waals surface area contributed by atoms with Gasteiger partial charge in [-0.3, -0.25) is 4.79 Å². The molecule has 0 aliphatic heterocycles. The van der Waals surface area contributed by atoms with Crippen LogP contribution in [-0.4, -0.2) is 18.9 Å². The Morgan fingerprint density at radius 3 is 2.31 bits per heavy atom. The number of ether oxygens (including phenoxy) is 1. The quantitative estimate of drug-likeness (QED) is 0.580. The number of benzene rings is 1. The Morgan fingerprint density at radius 1 is 1.31 bits per heavy atom. The highest BCUT2D eigenvalue weighted by atomic mass is 16.5. The van der Waals surface area contributed by atoms with Gasteiger partial charge in [0.1, 0.15) is 6.29 Å². The number of esters is 1. The molecule has 3 nitrogen and oxygen atoms in total. The zero-order chi connectivity index (χ0) is 12.2. The maximum absolute atomic E-state index is 10.4. The first-order valence-electron chi connectivity index (χ1n) is 5.31. The molecule has 3 heteroatoms. The van der Waals surface area contributed by atoms with E-state index in [1.54, 1.807) is 0 Å². The molecular weight excluding hydrogens is 204 g/mol. The Hall–Kier alpha value is -1.64. The van der Waals surface area contributed by atoms with Gasteiger partial charge >= 0.3 is 5.97 Å². The highest BCUT2D eigenvalue weighted by Crippen LogP contribution is 1.99. The fourth-order valence-corrected chi connectivity index (χ4v) is 0.957. The molecule has 1 aromatic rings. The average molecular weight is 222 g/mol. The first-order valence-corrected chi connectivity index (χ1v) is 5.31. The summed E-state index contributed by atoms with van der Waals surface area (Å²) in [5, 5.41) is 0. The molecule has 88 valence electrons. The normalized spacial score (nSPS) is 8.62. The van der Waals surface area contributed by atoms with Crippen LogP contribution in [-0.2, 0) is 20.7 Å². The molecule has 0 unspecified atom stereocenters. The van der Waals surface area contributed by atoms with E-state index in [-0.39, 0.29) is 5.97 Å². The number of carbonyl (C=O) groups excluding carboxylic acids is 2. The number of hydrogen-bond donors (Lipinski definition) is 0. The standard InChI is InChI=1S/C10H12O2.C3H6O/c1-9(11)12-8-7-10-5-3-2-4-6-10;1-2-3-4/h2-6H,7-8H2,1H3;3H,2H2,1H3. The van der Waals surface area contributed by atoms with Crippen LogP contribution in [0.1, 0.15) is 25.8 Å². The van der Waals surface area contributed by atoms with Crippen molar-refractivity contribution in [3.05, 3.63) is 35.9 Å². The minimum absolute atomic E-state index is 0.217. The maximum atomic E-state index is 10.4. The van der Waals surface area contributed by atoms with Gasteiger partial charge in [-0.05, 0) is 5.56 Å². The molecule has 0 atom stereocenters. The van der Waals surface area contributed by atoms with Crippen LogP contribution in [0.4, 0.5) is 0 Å². The third kappa shape index (κ3) is 8.94. The van der Waals surface area contributed by atoms with E-state index in [4.69, 9.17) is 4.74 Å². The van der Waals surface area contributed by atoms with Gasteiger partial charge in [-0.2, -0.15) is 0 Å². The van der Waals surface area contributed by atoms with E-state index >= 15 is 0 Å². The van der Waals surface area contributed by atoms with Gasteiger partial charge in [-0.15, -0.1) is 0 Å². The lowest BCUT2D eigenvalue weighted by Crippen LogP contribution is -2.02. The average Bonchev–Trinajstić information content (AvgIpc) is 2.30. The number of rotatable bonds is 4. The van der Waals surface area contributed by atoms with Crippen LogP contribution in [0.25, 0.3) is 0 Å². The molecule has 0 radical (unpaired) electrons. The second-order valence-electron chi connectivity index (χ2n) is 3.15. The zero-order valence-corrected chi connectivity index (χ0v) is 9.81. The molecule has 0 saturated heterocycles. The minimum Gasteiger partial charge on any atom is -0.466 e. The van der Waals surface area contributed by atoms with Crippen LogP contribution in [0.5, 0.6) is 0 Å². The molecule has 0 N–H and O–H groups in total. The van der Waals surface area contributed by atoms with Crippen LogP contribution < -0.4 is 0 Å². The van der Waals surface area contributed by atoms with E-state index in [9.17, 15) is 9.59 Å². The lowest BCUT2D eigenvalue weighted by Gasteiger charge is -2.00. The van der Waals surface area contributed by atoms with Crippen molar-refractivity contribution in [2.24, 2.45) is 0 Å². The van der Waals surface area contributed by atoms with Crippen molar-refractivity contribution >= 4 is 12.3 Å². The molecule has 0 amide bonds. The predicted octanol–water partition coefficient (Wildman–Crippen LogP) is 2.39. The van der Waals surface area contributed by atoms with Gasteiger partial charge < -0.3 is 9.53 Å². The van der Waals surface area contributed by atoms with Crippen LogP contribution >= 0.6 is 0 Å². The second-order valence-corrected chi connectivity index (χ2v) is 3.15. The van der Waals surface area contributed by atoms with E-state index in [0.717, 1.165) is 12.7 Å². The Morgan fingerprint density at radius 2 is 1.88 bits per heavy atom. The highest BCUT2D eigenvalue weighted by molar-refractivity contribution is 5.65. The largest absolute Gasteiger partial charge is 0.466 e. The van der Waals surface area contributed by atoms with Gasteiger partial charge in [0, 0.05) is 19.8 Å². The van der Waals surface area contributed by atoms with E-state index < -0.39 is 0 Å². The third-order valence-corrected chi connectivity index (χ3v) is 1.71. The van der Waals surface area contributed by atoms with Crippen LogP contribution in [0.2, 0.25) is 0 Å². The molecule has 1 rings (SSSR count). The van der Waals surface area contributed by atoms with Crippen molar-refractivity contribution in [3.63, 3.8) is 0 Å². The predicted molar refractivity (Wildman–Crippen MR) is 63.1 cm³/mol. The van der Waals surface area contributed by atoms with E-state index in [1.165, 1.54) is 12.5 Å². The Kier molecular flexibility index (Phi) is 8.88. The zero-order valence-electron chi connectivity index (χ0n) is 9.81. The smallest absolute Gasteiger partial charge is 0.302 e. The van der Waals surface area contributed by atoms with Gasteiger partial charge in [0.25, 0.3) is 0 Å². The number of aldehydes is 1. The van der Waals surface area contributed by atoms with Gasteiger partial charge in [-0.1, -0.05) is 37.3 Å². The first-order chi connectivity index (χ1) is 7.70. The summed E-state index contributed by atoms with van der Waals surface area (Å²) in [7, 11) is 0. The SMILES string of the molecule is CC(=O)OCCc1ccccc1.CCC=O. The number of hydrogen-bond acceptors (Lipinski definition) is 3. The second kappa shape index (κ2) is 9.90. The lowest BCUT2D eigenvalue weighted by molar-refractivity contribution is -0.140. The van der Waals surface area contributed by atoms with Gasteiger partial charge in [0.2, 0.25) is 0 Å². The summed E-state index contributed by atoms with van der Waals surface area (Å²) in [6.07, 6.45) is 2.31. The van der Waals surface area contributed by atoms with Crippen LogP contribution in [0.3, 0.4) is 0 Å². The Bertz CT molecular complexity index is 293. The number of carbonyl (C=O) groups is 2. The molecule has 0 aliphatic rings. The fourth-order valence-electron chi connectivity index (χ4n) is 0.957. The highest BCUT2D eigenvalue weighted by Gasteiger charge is 1.93. The van der Waals surface area contributed by atoms with Crippen LogP contribution in [0.15, 0.2) is 30.3 Å². The molecule has 16 heavy (non-hydrogen) atoms. The monoisotopic (exact) mass is 222 g/mol. The summed E-state index contributed by atoms with van der Waals surface area (Å²) in [5.41, 5.74) is 1.19. The molecule has 0 aliphatic carbocycles. The van der Waals surface area contributed by atoms with Crippen molar-refractivity contribution in [1.82, 2.24) is 0 Å². The van der Waals surface area contributed by atoms with Crippen molar-refractivity contribution < 1.29 is 14.3 Å². The molecule has 1 aromatic carbocycles. The fraction of sp³-hybridized carbons (Fsp3) is 0.385. The van der Waals surface area contributed by atoms with Crippen LogP contribution in [0, 0.1) is 0 Å². The van der Waals surface area contributed by atoms with E-state index in [2.05, 4.69) is 0 Å². The van der Waals surface area contributed by atoms with E-state index in [1.807, 2.05) is 37.3 Å². The summed E-state index contributed by atoms with van der Waals surface area (Å²) >= 11 is 0. The Balaban J connectivity index is 0.000000487. The van der Waals surface area contributed by atoms with Crippen molar-refractivity contribution in [3.8, 4) is 0 Å². The molecule has 0 aromatic heterocycles. The molecule has 0 spiro atoms. The van der Waals surface area contributed by atoms with Crippen molar-refractivity contribution in [2.45, 2.75) is 26.7 Å². The molecular formula is C13H18O3. The summed E-state index contributed by atoms with van der Waals surface area (Å²) < 4.78 is 4.81. The van der Waals surface area contributed by atoms with Gasteiger partial charge in [0.15, 0.2) is 0 Å². The van der Waals surface area contributed by atoms with Crippen molar-refractivity contribution in [2.75, 3.05) is 6.61 Å². The molecule has 0 heterocycles. The molecule has 0 saturated carbocycles. The Labute approximate surface area is 96.4 Å². The summed E-state index contributed by atoms with van der Waals surface area (Å²) in [5.74, 6) is -0.217. The van der Waals surface area contributed by atoms with E-state index in [0.29, 0.717) is 13.0 Å². The third-order valence-electron chi connectivity index (χ3n) is 1.71. The summed E-state index contributed by atoms with van der Waals surface area (Å²) in [4.78, 5) is 19.6. The summed E-state index contributed by atoms with van der Waals surface area (Å²) in [6, 6.07) is 9.95. The minimum atomic E-state index is -0.217. The maximum Gasteiger partial charge on any atom is 0.302 e. The van der Waals surface area contributed by atoms with Gasteiger partial charge in [-0.25, -0.2) is 0 Å².